The van der Waals surface area contributed by atoms with Crippen molar-refractivity contribution in [2.75, 3.05) is 4.72 Å². The molecule has 112 valence electrons. The van der Waals surface area contributed by atoms with Gasteiger partial charge in [0.25, 0.3) is 10.0 Å². The van der Waals surface area contributed by atoms with E-state index in [0.29, 0.717) is 21.7 Å². The Labute approximate surface area is 131 Å². The summed E-state index contributed by atoms with van der Waals surface area (Å²) in [5.74, 6) is 0. The van der Waals surface area contributed by atoms with E-state index in [-0.39, 0.29) is 4.90 Å². The molecule has 3 rings (SSSR count). The van der Waals surface area contributed by atoms with Crippen LogP contribution in [0.25, 0.3) is 11.0 Å². The van der Waals surface area contributed by atoms with Crippen molar-refractivity contribution in [1.82, 2.24) is 0 Å². The number of hydrogen-bond acceptors (Lipinski definition) is 4. The standard InChI is InChI=1S/C15H10ClNO4S/c16-11-2-1-3-12(9-11)17-22(19,20)13-5-6-14-10(8-13)4-7-15(18)21-14/h1-9,17H. The Morgan fingerprint density at radius 2 is 1.82 bits per heavy atom. The van der Waals surface area contributed by atoms with Gasteiger partial charge in [0.05, 0.1) is 10.6 Å². The lowest BCUT2D eigenvalue weighted by Crippen LogP contribution is -2.12. The highest BCUT2D eigenvalue weighted by Gasteiger charge is 2.15. The summed E-state index contributed by atoms with van der Waals surface area (Å²) < 4.78 is 32.2. The van der Waals surface area contributed by atoms with Crippen molar-refractivity contribution in [3.05, 3.63) is 70.0 Å². The van der Waals surface area contributed by atoms with Gasteiger partial charge in [0.15, 0.2) is 0 Å². The first-order valence-electron chi connectivity index (χ1n) is 6.26. The Bertz CT molecular complexity index is 1010. The zero-order valence-corrected chi connectivity index (χ0v) is 12.7. The van der Waals surface area contributed by atoms with Crippen LogP contribution >= 0.6 is 11.6 Å². The molecular weight excluding hydrogens is 326 g/mol. The first-order chi connectivity index (χ1) is 10.4. The molecule has 0 spiro atoms. The van der Waals surface area contributed by atoms with Gasteiger partial charge in [-0.1, -0.05) is 17.7 Å². The Morgan fingerprint density at radius 1 is 1.00 bits per heavy atom. The molecule has 3 aromatic rings. The van der Waals surface area contributed by atoms with Crippen LogP contribution in [0.5, 0.6) is 0 Å². The number of nitrogens with one attached hydrogen (secondary N) is 1. The maximum atomic E-state index is 12.4. The molecule has 0 fully saturated rings. The summed E-state index contributed by atoms with van der Waals surface area (Å²) in [5.41, 5.74) is 0.210. The molecule has 0 bridgehead atoms. The van der Waals surface area contributed by atoms with Crippen LogP contribution in [-0.4, -0.2) is 8.42 Å². The third kappa shape index (κ3) is 2.98. The van der Waals surface area contributed by atoms with Crippen molar-refractivity contribution >= 4 is 38.3 Å². The Morgan fingerprint density at radius 3 is 2.59 bits per heavy atom. The molecule has 0 unspecified atom stereocenters. The molecule has 0 amide bonds. The van der Waals surface area contributed by atoms with Gasteiger partial charge in [-0.15, -0.1) is 0 Å². The molecule has 1 aromatic heterocycles. The summed E-state index contributed by atoms with van der Waals surface area (Å²) in [6, 6.07) is 13.4. The van der Waals surface area contributed by atoms with Gasteiger partial charge in [-0.3, -0.25) is 4.72 Å². The number of hydrogen-bond donors (Lipinski definition) is 1. The lowest BCUT2D eigenvalue weighted by Gasteiger charge is -2.08. The highest BCUT2D eigenvalue weighted by molar-refractivity contribution is 7.92. The SMILES string of the molecule is O=c1ccc2cc(S(=O)(=O)Nc3cccc(Cl)c3)ccc2o1. The number of sulfonamides is 1. The fourth-order valence-electron chi connectivity index (χ4n) is 1.98. The number of halogens is 1. The fourth-order valence-corrected chi connectivity index (χ4v) is 3.26. The van der Waals surface area contributed by atoms with Crippen molar-refractivity contribution in [3.63, 3.8) is 0 Å². The molecule has 1 heterocycles. The second-order valence-corrected chi connectivity index (χ2v) is 6.69. The Kier molecular flexibility index (Phi) is 3.64. The van der Waals surface area contributed by atoms with E-state index in [4.69, 9.17) is 16.0 Å². The van der Waals surface area contributed by atoms with Gasteiger partial charge in [0, 0.05) is 16.5 Å². The first-order valence-corrected chi connectivity index (χ1v) is 8.12. The molecule has 0 saturated carbocycles. The zero-order chi connectivity index (χ0) is 15.7. The zero-order valence-electron chi connectivity index (χ0n) is 11.1. The highest BCUT2D eigenvalue weighted by atomic mass is 35.5. The summed E-state index contributed by atoms with van der Waals surface area (Å²) in [7, 11) is -3.76. The van der Waals surface area contributed by atoms with E-state index in [0.717, 1.165) is 0 Å². The van der Waals surface area contributed by atoms with E-state index < -0.39 is 15.6 Å². The molecule has 7 heteroatoms. The quantitative estimate of drug-likeness (QED) is 0.745. The van der Waals surface area contributed by atoms with Gasteiger partial charge in [-0.25, -0.2) is 13.2 Å². The molecule has 22 heavy (non-hydrogen) atoms. The Balaban J connectivity index is 2.01. The van der Waals surface area contributed by atoms with Crippen molar-refractivity contribution in [3.8, 4) is 0 Å². The molecule has 0 saturated heterocycles. The predicted molar refractivity (Wildman–Crippen MR) is 84.7 cm³/mol. The molecule has 0 aliphatic rings. The Hall–Kier alpha value is -2.31. The lowest BCUT2D eigenvalue weighted by atomic mass is 10.2. The van der Waals surface area contributed by atoms with E-state index >= 15 is 0 Å². The second kappa shape index (κ2) is 5.47. The largest absolute Gasteiger partial charge is 0.423 e. The minimum atomic E-state index is -3.76. The van der Waals surface area contributed by atoms with E-state index in [9.17, 15) is 13.2 Å². The second-order valence-electron chi connectivity index (χ2n) is 4.57. The molecule has 0 aliphatic heterocycles. The van der Waals surface area contributed by atoms with E-state index in [1.165, 1.54) is 36.4 Å². The van der Waals surface area contributed by atoms with Gasteiger partial charge in [0.2, 0.25) is 0 Å². The lowest BCUT2D eigenvalue weighted by molar-refractivity contribution is 0.560. The summed E-state index contributed by atoms with van der Waals surface area (Å²) in [6.45, 7) is 0. The van der Waals surface area contributed by atoms with Crippen LogP contribution in [0.1, 0.15) is 0 Å². The van der Waals surface area contributed by atoms with Gasteiger partial charge < -0.3 is 4.42 Å². The molecule has 0 atom stereocenters. The summed E-state index contributed by atoms with van der Waals surface area (Å²) in [5, 5.41) is 0.953. The van der Waals surface area contributed by atoms with Crippen LogP contribution in [0.2, 0.25) is 5.02 Å². The van der Waals surface area contributed by atoms with Crippen molar-refractivity contribution in [1.29, 1.82) is 0 Å². The molecule has 1 N–H and O–H groups in total. The van der Waals surface area contributed by atoms with Gasteiger partial charge in [0.1, 0.15) is 5.58 Å². The molecule has 0 aliphatic carbocycles. The average molecular weight is 336 g/mol. The third-order valence-corrected chi connectivity index (χ3v) is 4.59. The van der Waals surface area contributed by atoms with Gasteiger partial charge in [-0.2, -0.15) is 0 Å². The molecular formula is C15H10ClNO4S. The van der Waals surface area contributed by atoms with Crippen LogP contribution in [0.3, 0.4) is 0 Å². The van der Waals surface area contributed by atoms with Crippen LogP contribution < -0.4 is 10.3 Å². The fraction of sp³-hybridized carbons (Fsp3) is 0. The minimum Gasteiger partial charge on any atom is -0.423 e. The van der Waals surface area contributed by atoms with Crippen molar-refractivity contribution in [2.24, 2.45) is 0 Å². The number of fused-ring (bicyclic) bond motifs is 1. The summed E-state index contributed by atoms with van der Waals surface area (Å²) in [4.78, 5) is 11.2. The van der Waals surface area contributed by atoms with E-state index in [2.05, 4.69) is 4.72 Å². The normalized spacial score (nSPS) is 11.5. The maximum Gasteiger partial charge on any atom is 0.336 e. The van der Waals surface area contributed by atoms with Crippen LogP contribution in [0.4, 0.5) is 5.69 Å². The topological polar surface area (TPSA) is 76.4 Å². The summed E-state index contributed by atoms with van der Waals surface area (Å²) in [6.07, 6.45) is 0. The van der Waals surface area contributed by atoms with Crippen molar-refractivity contribution in [2.45, 2.75) is 4.90 Å². The van der Waals surface area contributed by atoms with Gasteiger partial charge in [-0.05, 0) is 42.5 Å². The van der Waals surface area contributed by atoms with Gasteiger partial charge >= 0.3 is 5.63 Å². The summed E-state index contributed by atoms with van der Waals surface area (Å²) >= 11 is 5.84. The predicted octanol–water partition coefficient (Wildman–Crippen LogP) is 3.25. The number of benzene rings is 2. The van der Waals surface area contributed by atoms with Crippen molar-refractivity contribution < 1.29 is 12.8 Å². The smallest absolute Gasteiger partial charge is 0.336 e. The van der Waals surface area contributed by atoms with Crippen LogP contribution in [0, 0.1) is 0 Å². The minimum absolute atomic E-state index is 0.0637. The first kappa shape index (κ1) is 14.6. The molecule has 2 aromatic carbocycles. The van der Waals surface area contributed by atoms with Crippen LogP contribution in [-0.2, 0) is 10.0 Å². The van der Waals surface area contributed by atoms with E-state index in [1.54, 1.807) is 18.2 Å². The van der Waals surface area contributed by atoms with E-state index in [1.807, 2.05) is 0 Å². The average Bonchev–Trinajstić information content (AvgIpc) is 2.46. The number of anilines is 1. The highest BCUT2D eigenvalue weighted by Crippen LogP contribution is 2.22. The van der Waals surface area contributed by atoms with Crippen LogP contribution in [0.15, 0.2) is 68.7 Å². The third-order valence-electron chi connectivity index (χ3n) is 2.98. The number of rotatable bonds is 3. The maximum absolute atomic E-state index is 12.4. The molecule has 5 nitrogen and oxygen atoms in total. The molecule has 0 radical (unpaired) electrons. The monoisotopic (exact) mass is 335 g/mol.